The third-order valence-corrected chi connectivity index (χ3v) is 3.38. The van der Waals surface area contributed by atoms with Gasteiger partial charge in [-0.15, -0.1) is 0 Å². The first-order chi connectivity index (χ1) is 10.6. The van der Waals surface area contributed by atoms with Crippen LogP contribution in [0.2, 0.25) is 0 Å². The Balaban J connectivity index is 1.85. The topological polar surface area (TPSA) is 44.1 Å². The van der Waals surface area contributed by atoms with Crippen molar-refractivity contribution in [2.24, 2.45) is 7.05 Å². The van der Waals surface area contributed by atoms with Crippen LogP contribution in [0.5, 0.6) is 0 Å². The van der Waals surface area contributed by atoms with Crippen LogP contribution in [0.1, 0.15) is 22.5 Å². The SMILES string of the molecule is Cc1nn(C)c(C)c1/C=C/C(=O)OC/C=C/c1ccccc1. The second kappa shape index (κ2) is 7.41. The van der Waals surface area contributed by atoms with Gasteiger partial charge in [-0.1, -0.05) is 36.4 Å². The van der Waals surface area contributed by atoms with E-state index in [-0.39, 0.29) is 12.6 Å². The maximum absolute atomic E-state index is 11.7. The van der Waals surface area contributed by atoms with Gasteiger partial charge in [-0.2, -0.15) is 5.10 Å². The second-order valence-electron chi connectivity index (χ2n) is 4.98. The number of aromatic nitrogens is 2. The molecule has 0 fully saturated rings. The van der Waals surface area contributed by atoms with Crippen molar-refractivity contribution in [2.45, 2.75) is 13.8 Å². The third kappa shape index (κ3) is 4.19. The van der Waals surface area contributed by atoms with Gasteiger partial charge < -0.3 is 4.74 Å². The van der Waals surface area contributed by atoms with Gasteiger partial charge in [0.25, 0.3) is 0 Å². The van der Waals surface area contributed by atoms with Crippen LogP contribution in [0, 0.1) is 13.8 Å². The van der Waals surface area contributed by atoms with Crippen molar-refractivity contribution in [3.05, 3.63) is 65.0 Å². The highest BCUT2D eigenvalue weighted by Crippen LogP contribution is 2.13. The first-order valence-corrected chi connectivity index (χ1v) is 7.14. The van der Waals surface area contributed by atoms with E-state index in [0.717, 1.165) is 22.5 Å². The summed E-state index contributed by atoms with van der Waals surface area (Å²) in [6.45, 7) is 4.14. The average Bonchev–Trinajstić information content (AvgIpc) is 2.76. The molecule has 4 nitrogen and oxygen atoms in total. The summed E-state index contributed by atoms with van der Waals surface area (Å²) >= 11 is 0. The first-order valence-electron chi connectivity index (χ1n) is 7.14. The van der Waals surface area contributed by atoms with Gasteiger partial charge >= 0.3 is 5.97 Å². The molecule has 0 N–H and O–H groups in total. The van der Waals surface area contributed by atoms with Gasteiger partial charge in [0.1, 0.15) is 6.61 Å². The number of esters is 1. The molecular formula is C18H20N2O2. The molecule has 4 heteroatoms. The van der Waals surface area contributed by atoms with Crippen molar-refractivity contribution < 1.29 is 9.53 Å². The van der Waals surface area contributed by atoms with Crippen molar-refractivity contribution in [3.63, 3.8) is 0 Å². The average molecular weight is 296 g/mol. The lowest BCUT2D eigenvalue weighted by Gasteiger charge is -1.98. The van der Waals surface area contributed by atoms with E-state index in [0.29, 0.717) is 0 Å². The zero-order chi connectivity index (χ0) is 15.9. The normalized spacial score (nSPS) is 11.4. The third-order valence-electron chi connectivity index (χ3n) is 3.38. The molecule has 0 atom stereocenters. The van der Waals surface area contributed by atoms with E-state index in [9.17, 15) is 4.79 Å². The Bertz CT molecular complexity index is 697. The number of rotatable bonds is 5. The Morgan fingerprint density at radius 3 is 2.59 bits per heavy atom. The molecule has 2 aromatic rings. The highest BCUT2D eigenvalue weighted by Gasteiger charge is 2.06. The molecule has 0 radical (unpaired) electrons. The van der Waals surface area contributed by atoms with Crippen molar-refractivity contribution in [3.8, 4) is 0 Å². The van der Waals surface area contributed by atoms with Gasteiger partial charge in [-0.05, 0) is 31.6 Å². The number of carbonyl (C=O) groups is 1. The number of carbonyl (C=O) groups excluding carboxylic acids is 1. The van der Waals surface area contributed by atoms with Crippen molar-refractivity contribution in [2.75, 3.05) is 6.61 Å². The minimum Gasteiger partial charge on any atom is -0.458 e. The summed E-state index contributed by atoms with van der Waals surface area (Å²) in [4.78, 5) is 11.7. The Kier molecular flexibility index (Phi) is 5.31. The maximum Gasteiger partial charge on any atom is 0.331 e. The summed E-state index contributed by atoms with van der Waals surface area (Å²) in [6.07, 6.45) is 6.93. The summed E-state index contributed by atoms with van der Waals surface area (Å²) in [5.74, 6) is -0.361. The zero-order valence-electron chi connectivity index (χ0n) is 13.1. The molecule has 114 valence electrons. The molecule has 0 saturated heterocycles. The highest BCUT2D eigenvalue weighted by atomic mass is 16.5. The van der Waals surface area contributed by atoms with Gasteiger partial charge in [-0.25, -0.2) is 4.79 Å². The lowest BCUT2D eigenvalue weighted by Crippen LogP contribution is -2.00. The minimum absolute atomic E-state index is 0.253. The lowest BCUT2D eigenvalue weighted by molar-refractivity contribution is -0.136. The predicted molar refractivity (Wildman–Crippen MR) is 88.2 cm³/mol. The highest BCUT2D eigenvalue weighted by molar-refractivity contribution is 5.87. The molecular weight excluding hydrogens is 276 g/mol. The monoisotopic (exact) mass is 296 g/mol. The fourth-order valence-corrected chi connectivity index (χ4v) is 2.11. The Morgan fingerprint density at radius 1 is 1.23 bits per heavy atom. The molecule has 0 spiro atoms. The van der Waals surface area contributed by atoms with E-state index in [4.69, 9.17) is 4.74 Å². The fraction of sp³-hybridized carbons (Fsp3) is 0.222. The number of nitrogens with zero attached hydrogens (tertiary/aromatic N) is 2. The van der Waals surface area contributed by atoms with E-state index in [1.165, 1.54) is 6.08 Å². The molecule has 22 heavy (non-hydrogen) atoms. The number of hydrogen-bond acceptors (Lipinski definition) is 3. The number of aryl methyl sites for hydroxylation is 2. The van der Waals surface area contributed by atoms with Crippen molar-refractivity contribution in [1.82, 2.24) is 9.78 Å². The van der Waals surface area contributed by atoms with Crippen LogP contribution in [0.3, 0.4) is 0 Å². The standard InChI is InChI=1S/C18H20N2O2/c1-14-17(15(2)20(3)19-14)11-12-18(21)22-13-7-10-16-8-5-4-6-9-16/h4-12H,13H2,1-3H3/b10-7+,12-11+. The maximum atomic E-state index is 11.7. The largest absolute Gasteiger partial charge is 0.458 e. The van der Waals surface area contributed by atoms with E-state index in [1.54, 1.807) is 10.8 Å². The van der Waals surface area contributed by atoms with Crippen LogP contribution in [-0.4, -0.2) is 22.4 Å². The number of benzene rings is 1. The number of ether oxygens (including phenoxy) is 1. The van der Waals surface area contributed by atoms with Crippen molar-refractivity contribution in [1.29, 1.82) is 0 Å². The summed E-state index contributed by atoms with van der Waals surface area (Å²) < 4.78 is 6.93. The molecule has 0 aliphatic heterocycles. The van der Waals surface area contributed by atoms with Gasteiger partial charge in [0.2, 0.25) is 0 Å². The Labute approximate surface area is 130 Å². The van der Waals surface area contributed by atoms with Gasteiger partial charge in [0.05, 0.1) is 5.69 Å². The molecule has 1 aromatic heterocycles. The minimum atomic E-state index is -0.361. The zero-order valence-corrected chi connectivity index (χ0v) is 13.1. The molecule has 0 aliphatic carbocycles. The molecule has 1 aromatic carbocycles. The summed E-state index contributed by atoms with van der Waals surface area (Å²) in [7, 11) is 1.88. The van der Waals surface area contributed by atoms with Crippen LogP contribution >= 0.6 is 0 Å². The van der Waals surface area contributed by atoms with Crippen LogP contribution in [0.15, 0.2) is 42.5 Å². The Morgan fingerprint density at radius 2 is 1.95 bits per heavy atom. The molecule has 2 rings (SSSR count). The molecule has 0 aliphatic rings. The Hall–Kier alpha value is -2.62. The van der Waals surface area contributed by atoms with E-state index >= 15 is 0 Å². The van der Waals surface area contributed by atoms with E-state index in [1.807, 2.05) is 63.4 Å². The summed E-state index contributed by atoms with van der Waals surface area (Å²) in [5.41, 5.74) is 3.95. The van der Waals surface area contributed by atoms with E-state index in [2.05, 4.69) is 5.10 Å². The fourth-order valence-electron chi connectivity index (χ4n) is 2.11. The quantitative estimate of drug-likeness (QED) is 0.628. The van der Waals surface area contributed by atoms with Crippen molar-refractivity contribution >= 4 is 18.1 Å². The van der Waals surface area contributed by atoms with Crippen LogP contribution in [-0.2, 0) is 16.6 Å². The van der Waals surface area contributed by atoms with E-state index < -0.39 is 0 Å². The second-order valence-corrected chi connectivity index (χ2v) is 4.98. The molecule has 0 unspecified atom stereocenters. The van der Waals surface area contributed by atoms with Gasteiger partial charge in [0, 0.05) is 24.4 Å². The van der Waals surface area contributed by atoms with Gasteiger partial charge in [-0.3, -0.25) is 4.68 Å². The smallest absolute Gasteiger partial charge is 0.331 e. The molecule has 1 heterocycles. The molecule has 0 saturated carbocycles. The van der Waals surface area contributed by atoms with Crippen LogP contribution in [0.4, 0.5) is 0 Å². The van der Waals surface area contributed by atoms with Crippen LogP contribution in [0.25, 0.3) is 12.2 Å². The van der Waals surface area contributed by atoms with Crippen LogP contribution < -0.4 is 0 Å². The molecule has 0 bridgehead atoms. The first kappa shape index (κ1) is 15.8. The van der Waals surface area contributed by atoms with Gasteiger partial charge in [0.15, 0.2) is 0 Å². The lowest BCUT2D eigenvalue weighted by atomic mass is 10.2. The number of hydrogen-bond donors (Lipinski definition) is 0. The molecule has 0 amide bonds. The summed E-state index contributed by atoms with van der Waals surface area (Å²) in [6, 6.07) is 9.88. The predicted octanol–water partition coefficient (Wildman–Crippen LogP) is 3.31. The summed E-state index contributed by atoms with van der Waals surface area (Å²) in [5, 5.41) is 4.30.